The number of hydrogen-bond donors (Lipinski definition) is 1. The van der Waals surface area contributed by atoms with E-state index in [0.717, 1.165) is 25.1 Å². The Morgan fingerprint density at radius 3 is 3.00 bits per heavy atom. The van der Waals surface area contributed by atoms with E-state index in [0.29, 0.717) is 6.54 Å². The van der Waals surface area contributed by atoms with E-state index in [1.165, 1.54) is 0 Å². The van der Waals surface area contributed by atoms with Crippen LogP contribution in [-0.2, 0) is 11.3 Å². The molecule has 0 radical (unpaired) electrons. The normalized spacial score (nSPS) is 22.8. The van der Waals surface area contributed by atoms with Crippen molar-refractivity contribution in [3.05, 3.63) is 18.0 Å². The molecule has 1 fully saturated rings. The van der Waals surface area contributed by atoms with Gasteiger partial charge in [0.25, 0.3) is 0 Å². The number of carboxylic acids is 1. The van der Waals surface area contributed by atoms with Crippen LogP contribution in [-0.4, -0.2) is 38.8 Å². The lowest BCUT2D eigenvalue weighted by molar-refractivity contribution is -0.141. The van der Waals surface area contributed by atoms with Crippen LogP contribution in [0.5, 0.6) is 0 Å². The van der Waals surface area contributed by atoms with E-state index in [-0.39, 0.29) is 12.0 Å². The molecule has 1 aromatic heterocycles. The Balaban J connectivity index is 2.01. The summed E-state index contributed by atoms with van der Waals surface area (Å²) in [4.78, 5) is 13.1. The first kappa shape index (κ1) is 12.1. The molecule has 0 amide bonds. The van der Waals surface area contributed by atoms with Crippen LogP contribution in [0.4, 0.5) is 0 Å². The maximum atomic E-state index is 10.9. The minimum atomic E-state index is -0.677. The van der Waals surface area contributed by atoms with Crippen LogP contribution in [0.3, 0.4) is 0 Å². The summed E-state index contributed by atoms with van der Waals surface area (Å²) in [6.45, 7) is 6.53. The van der Waals surface area contributed by atoms with Crippen LogP contribution in [0.1, 0.15) is 31.9 Å². The second-order valence-electron chi connectivity index (χ2n) is 4.62. The van der Waals surface area contributed by atoms with E-state index < -0.39 is 5.97 Å². The van der Waals surface area contributed by atoms with Crippen molar-refractivity contribution in [2.24, 2.45) is 5.92 Å². The fraction of sp³-hybridized carbons (Fsp3) is 0.667. The number of aryl methyl sites for hydroxylation is 1. The Kier molecular flexibility index (Phi) is 3.47. The number of hydrogen-bond acceptors (Lipinski definition) is 3. The number of aromatic nitrogens is 2. The summed E-state index contributed by atoms with van der Waals surface area (Å²) in [7, 11) is 0. The average molecular weight is 237 g/mol. The molecule has 0 bridgehead atoms. The van der Waals surface area contributed by atoms with E-state index in [2.05, 4.69) is 23.8 Å². The standard InChI is InChI=1S/C12H19N3O2/c1-3-15-8-11(6-13-15)9(2)14-5-4-10(7-14)12(16)17/h6,8-10H,3-5,7H2,1-2H3,(H,16,17). The number of likely N-dealkylation sites (tertiary alicyclic amines) is 1. The second kappa shape index (κ2) is 4.87. The molecule has 5 heteroatoms. The summed E-state index contributed by atoms with van der Waals surface area (Å²) < 4.78 is 1.90. The number of aliphatic carboxylic acids is 1. The largest absolute Gasteiger partial charge is 0.481 e. The molecule has 94 valence electrons. The van der Waals surface area contributed by atoms with Crippen molar-refractivity contribution in [2.75, 3.05) is 13.1 Å². The Morgan fingerprint density at radius 2 is 2.47 bits per heavy atom. The molecule has 0 saturated carbocycles. The lowest BCUT2D eigenvalue weighted by Crippen LogP contribution is -2.26. The van der Waals surface area contributed by atoms with Crippen LogP contribution in [0, 0.1) is 5.92 Å². The highest BCUT2D eigenvalue weighted by Crippen LogP contribution is 2.27. The molecule has 2 rings (SSSR count). The molecule has 1 N–H and O–H groups in total. The van der Waals surface area contributed by atoms with Gasteiger partial charge in [0, 0.05) is 30.9 Å². The molecule has 0 spiro atoms. The molecule has 2 heterocycles. The van der Waals surface area contributed by atoms with Gasteiger partial charge in [-0.15, -0.1) is 0 Å². The lowest BCUT2D eigenvalue weighted by atomic mass is 10.1. The van der Waals surface area contributed by atoms with Crippen molar-refractivity contribution in [1.29, 1.82) is 0 Å². The van der Waals surface area contributed by atoms with Crippen molar-refractivity contribution in [3.8, 4) is 0 Å². The summed E-state index contributed by atoms with van der Waals surface area (Å²) in [6.07, 6.45) is 4.67. The zero-order valence-corrected chi connectivity index (χ0v) is 10.3. The third kappa shape index (κ3) is 2.49. The van der Waals surface area contributed by atoms with Gasteiger partial charge >= 0.3 is 5.97 Å². The van der Waals surface area contributed by atoms with Gasteiger partial charge in [-0.3, -0.25) is 14.4 Å². The fourth-order valence-corrected chi connectivity index (χ4v) is 2.32. The van der Waals surface area contributed by atoms with Gasteiger partial charge in [-0.05, 0) is 26.8 Å². The fourth-order valence-electron chi connectivity index (χ4n) is 2.32. The summed E-state index contributed by atoms with van der Waals surface area (Å²) >= 11 is 0. The van der Waals surface area contributed by atoms with Crippen molar-refractivity contribution in [3.63, 3.8) is 0 Å². The topological polar surface area (TPSA) is 58.4 Å². The van der Waals surface area contributed by atoms with Gasteiger partial charge in [0.2, 0.25) is 0 Å². The monoisotopic (exact) mass is 237 g/mol. The van der Waals surface area contributed by atoms with E-state index in [1.54, 1.807) is 0 Å². The molecule has 5 nitrogen and oxygen atoms in total. The third-order valence-corrected chi connectivity index (χ3v) is 3.58. The second-order valence-corrected chi connectivity index (χ2v) is 4.62. The van der Waals surface area contributed by atoms with Crippen molar-refractivity contribution < 1.29 is 9.90 Å². The number of carboxylic acid groups (broad SMARTS) is 1. The van der Waals surface area contributed by atoms with Gasteiger partial charge in [-0.25, -0.2) is 0 Å². The predicted molar refractivity (Wildman–Crippen MR) is 63.6 cm³/mol. The molecule has 0 aromatic carbocycles. The third-order valence-electron chi connectivity index (χ3n) is 3.58. The highest BCUT2D eigenvalue weighted by Gasteiger charge is 2.31. The van der Waals surface area contributed by atoms with Gasteiger partial charge in [0.05, 0.1) is 12.1 Å². The quantitative estimate of drug-likeness (QED) is 0.859. The number of rotatable bonds is 4. The van der Waals surface area contributed by atoms with Gasteiger partial charge in [-0.1, -0.05) is 0 Å². The molecule has 1 saturated heterocycles. The van der Waals surface area contributed by atoms with Crippen molar-refractivity contribution in [2.45, 2.75) is 32.9 Å². The number of nitrogens with zero attached hydrogens (tertiary/aromatic N) is 3. The first-order valence-electron chi connectivity index (χ1n) is 6.11. The van der Waals surface area contributed by atoms with Crippen LogP contribution in [0.2, 0.25) is 0 Å². The molecule has 0 aliphatic carbocycles. The minimum Gasteiger partial charge on any atom is -0.481 e. The minimum absolute atomic E-state index is 0.210. The molecule has 17 heavy (non-hydrogen) atoms. The smallest absolute Gasteiger partial charge is 0.307 e. The summed E-state index contributed by atoms with van der Waals surface area (Å²) in [5.41, 5.74) is 1.16. The van der Waals surface area contributed by atoms with Gasteiger partial charge in [0.1, 0.15) is 0 Å². The first-order chi connectivity index (χ1) is 8.11. The molecule has 2 unspecified atom stereocenters. The molecule has 1 aliphatic heterocycles. The van der Waals surface area contributed by atoms with E-state index >= 15 is 0 Å². The molecular weight excluding hydrogens is 218 g/mol. The van der Waals surface area contributed by atoms with Crippen LogP contribution >= 0.6 is 0 Å². The average Bonchev–Trinajstić information content (AvgIpc) is 2.97. The van der Waals surface area contributed by atoms with Crippen molar-refractivity contribution >= 4 is 5.97 Å². The molecule has 2 atom stereocenters. The van der Waals surface area contributed by atoms with Gasteiger partial charge in [-0.2, -0.15) is 5.10 Å². The van der Waals surface area contributed by atoms with E-state index in [1.807, 2.05) is 17.1 Å². The Labute approximate surface area is 101 Å². The molecule has 1 aliphatic rings. The highest BCUT2D eigenvalue weighted by atomic mass is 16.4. The van der Waals surface area contributed by atoms with Crippen LogP contribution in [0.15, 0.2) is 12.4 Å². The summed E-state index contributed by atoms with van der Waals surface area (Å²) in [5, 5.41) is 13.2. The van der Waals surface area contributed by atoms with Crippen LogP contribution in [0.25, 0.3) is 0 Å². The van der Waals surface area contributed by atoms with Gasteiger partial charge < -0.3 is 5.11 Å². The first-order valence-corrected chi connectivity index (χ1v) is 6.11. The zero-order valence-electron chi connectivity index (χ0n) is 10.3. The maximum absolute atomic E-state index is 10.9. The Hall–Kier alpha value is -1.36. The van der Waals surface area contributed by atoms with Crippen molar-refractivity contribution in [1.82, 2.24) is 14.7 Å². The Morgan fingerprint density at radius 1 is 1.71 bits per heavy atom. The SMILES string of the molecule is CCn1cc(C(C)N2CCC(C(=O)O)C2)cn1. The van der Waals surface area contributed by atoms with Crippen LogP contribution < -0.4 is 0 Å². The Bertz CT molecular complexity index is 402. The maximum Gasteiger partial charge on any atom is 0.307 e. The van der Waals surface area contributed by atoms with E-state index in [9.17, 15) is 4.79 Å². The molecule has 1 aromatic rings. The van der Waals surface area contributed by atoms with Gasteiger partial charge in [0.15, 0.2) is 0 Å². The summed E-state index contributed by atoms with van der Waals surface area (Å²) in [5.74, 6) is -0.886. The highest BCUT2D eigenvalue weighted by molar-refractivity contribution is 5.70. The zero-order chi connectivity index (χ0) is 12.4. The predicted octanol–water partition coefficient (Wildman–Crippen LogP) is 1.37. The van der Waals surface area contributed by atoms with E-state index in [4.69, 9.17) is 5.11 Å². The number of carbonyl (C=O) groups is 1. The molecular formula is C12H19N3O2. The lowest BCUT2D eigenvalue weighted by Gasteiger charge is -2.22. The summed E-state index contributed by atoms with van der Waals surface area (Å²) in [6, 6.07) is 0.250.